The van der Waals surface area contributed by atoms with Crippen LogP contribution in [0.4, 0.5) is 5.82 Å². The van der Waals surface area contributed by atoms with Gasteiger partial charge in [0.05, 0.1) is 4.90 Å². The summed E-state index contributed by atoms with van der Waals surface area (Å²) in [6.07, 6.45) is 1.44. The lowest BCUT2D eigenvalue weighted by molar-refractivity contribution is 0.0903. The summed E-state index contributed by atoms with van der Waals surface area (Å²) in [5, 5.41) is 10.8. The molecule has 3 aromatic rings. The number of rotatable bonds is 5. The van der Waals surface area contributed by atoms with Gasteiger partial charge in [-0.2, -0.15) is 4.31 Å². The third kappa shape index (κ3) is 3.87. The summed E-state index contributed by atoms with van der Waals surface area (Å²) in [5.41, 5.74) is 0.355. The SMILES string of the molecule is O=C(CO)c1ccc(N2CCN(S(=O)(=O)c3ccc4ccccc4c3)CC2)nc1. The zero-order valence-electron chi connectivity index (χ0n) is 15.7. The minimum Gasteiger partial charge on any atom is -0.388 e. The first kappa shape index (κ1) is 19.5. The lowest BCUT2D eigenvalue weighted by atomic mass is 10.1. The third-order valence-corrected chi connectivity index (χ3v) is 7.03. The molecule has 0 spiro atoms. The Hall–Kier alpha value is -2.81. The van der Waals surface area contributed by atoms with Crippen LogP contribution in [0, 0.1) is 0 Å². The molecule has 0 radical (unpaired) electrons. The molecule has 8 heteroatoms. The van der Waals surface area contributed by atoms with Gasteiger partial charge in [0.1, 0.15) is 12.4 Å². The number of ketones is 1. The second kappa shape index (κ2) is 7.90. The molecule has 0 saturated carbocycles. The van der Waals surface area contributed by atoms with Crippen molar-refractivity contribution in [3.8, 4) is 0 Å². The number of aliphatic hydroxyl groups is 1. The van der Waals surface area contributed by atoms with E-state index in [-0.39, 0.29) is 5.78 Å². The minimum atomic E-state index is -3.57. The number of carbonyl (C=O) groups is 1. The Labute approximate surface area is 169 Å². The van der Waals surface area contributed by atoms with Gasteiger partial charge in [-0.25, -0.2) is 13.4 Å². The monoisotopic (exact) mass is 411 g/mol. The molecule has 4 rings (SSSR count). The normalized spacial score (nSPS) is 15.6. The second-order valence-corrected chi connectivity index (χ2v) is 8.82. The number of sulfonamides is 1. The van der Waals surface area contributed by atoms with E-state index >= 15 is 0 Å². The van der Waals surface area contributed by atoms with Crippen molar-refractivity contribution in [3.63, 3.8) is 0 Å². The molecule has 2 aromatic carbocycles. The molecular weight excluding hydrogens is 390 g/mol. The molecule has 2 heterocycles. The van der Waals surface area contributed by atoms with E-state index in [0.717, 1.165) is 10.8 Å². The van der Waals surface area contributed by atoms with Crippen LogP contribution in [-0.2, 0) is 10.0 Å². The average molecular weight is 411 g/mol. The van der Waals surface area contributed by atoms with E-state index in [1.165, 1.54) is 10.5 Å². The number of hydrogen-bond acceptors (Lipinski definition) is 6. The van der Waals surface area contributed by atoms with E-state index in [1.54, 1.807) is 24.3 Å². The average Bonchev–Trinajstić information content (AvgIpc) is 2.78. The highest BCUT2D eigenvalue weighted by Crippen LogP contribution is 2.24. The Morgan fingerprint density at radius 1 is 0.966 bits per heavy atom. The fraction of sp³-hybridized carbons (Fsp3) is 0.238. The first-order valence-electron chi connectivity index (χ1n) is 9.33. The maximum absolute atomic E-state index is 13.1. The van der Waals surface area contributed by atoms with Crippen LogP contribution in [0.15, 0.2) is 65.7 Å². The van der Waals surface area contributed by atoms with E-state index in [4.69, 9.17) is 5.11 Å². The van der Waals surface area contributed by atoms with Crippen LogP contribution in [0.5, 0.6) is 0 Å². The van der Waals surface area contributed by atoms with Crippen LogP contribution in [0.1, 0.15) is 10.4 Å². The summed E-state index contributed by atoms with van der Waals surface area (Å²) in [6.45, 7) is 1.18. The summed E-state index contributed by atoms with van der Waals surface area (Å²) >= 11 is 0. The number of hydrogen-bond donors (Lipinski definition) is 1. The van der Waals surface area contributed by atoms with Crippen molar-refractivity contribution in [3.05, 3.63) is 66.4 Å². The molecule has 150 valence electrons. The zero-order chi connectivity index (χ0) is 20.4. The summed E-state index contributed by atoms with van der Waals surface area (Å²) in [4.78, 5) is 18.1. The number of Topliss-reactive ketones (excluding diaryl/α,β-unsaturated/α-hetero) is 1. The Balaban J connectivity index is 1.47. The van der Waals surface area contributed by atoms with Gasteiger partial charge in [-0.15, -0.1) is 0 Å². The maximum atomic E-state index is 13.1. The van der Waals surface area contributed by atoms with E-state index in [1.807, 2.05) is 35.2 Å². The molecule has 1 N–H and O–H groups in total. The van der Waals surface area contributed by atoms with Crippen LogP contribution in [-0.4, -0.2) is 61.4 Å². The van der Waals surface area contributed by atoms with Crippen LogP contribution < -0.4 is 4.90 Å². The van der Waals surface area contributed by atoms with Gasteiger partial charge in [-0.1, -0.05) is 30.3 Å². The summed E-state index contributed by atoms with van der Waals surface area (Å²) < 4.78 is 27.6. The summed E-state index contributed by atoms with van der Waals surface area (Å²) in [5.74, 6) is 0.303. The Bertz CT molecular complexity index is 1140. The number of fused-ring (bicyclic) bond motifs is 1. The largest absolute Gasteiger partial charge is 0.388 e. The topological polar surface area (TPSA) is 90.8 Å². The summed E-state index contributed by atoms with van der Waals surface area (Å²) in [7, 11) is -3.57. The predicted molar refractivity (Wildman–Crippen MR) is 111 cm³/mol. The van der Waals surface area contributed by atoms with Crippen LogP contribution >= 0.6 is 0 Å². The molecule has 0 unspecified atom stereocenters. The molecule has 1 aliphatic heterocycles. The Kier molecular flexibility index (Phi) is 5.31. The minimum absolute atomic E-state index is 0.301. The second-order valence-electron chi connectivity index (χ2n) is 6.89. The summed E-state index contributed by atoms with van der Waals surface area (Å²) in [6, 6.07) is 16.2. The molecule has 1 saturated heterocycles. The molecule has 0 aliphatic carbocycles. The quantitative estimate of drug-likeness (QED) is 0.645. The van der Waals surface area contributed by atoms with Crippen LogP contribution in [0.25, 0.3) is 10.8 Å². The van der Waals surface area contributed by atoms with Gasteiger partial charge in [0.15, 0.2) is 5.78 Å². The number of anilines is 1. The number of aliphatic hydroxyl groups excluding tert-OH is 1. The fourth-order valence-corrected chi connectivity index (χ4v) is 4.92. The fourth-order valence-electron chi connectivity index (χ4n) is 3.46. The first-order chi connectivity index (χ1) is 14.0. The number of benzene rings is 2. The van der Waals surface area contributed by atoms with Crippen molar-refractivity contribution in [1.82, 2.24) is 9.29 Å². The van der Waals surface area contributed by atoms with Crippen molar-refractivity contribution < 1.29 is 18.3 Å². The molecule has 1 fully saturated rings. The van der Waals surface area contributed by atoms with Gasteiger partial charge in [-0.05, 0) is 35.0 Å². The van der Waals surface area contributed by atoms with Crippen molar-refractivity contribution in [1.29, 1.82) is 0 Å². The van der Waals surface area contributed by atoms with Crippen LogP contribution in [0.2, 0.25) is 0 Å². The van der Waals surface area contributed by atoms with Gasteiger partial charge in [0.25, 0.3) is 0 Å². The highest BCUT2D eigenvalue weighted by atomic mass is 32.2. The highest BCUT2D eigenvalue weighted by Gasteiger charge is 2.29. The Morgan fingerprint density at radius 2 is 1.69 bits per heavy atom. The lowest BCUT2D eigenvalue weighted by Crippen LogP contribution is -2.48. The number of pyridine rings is 1. The number of aromatic nitrogens is 1. The highest BCUT2D eigenvalue weighted by molar-refractivity contribution is 7.89. The van der Waals surface area contributed by atoms with Crippen molar-refractivity contribution in [2.24, 2.45) is 0 Å². The maximum Gasteiger partial charge on any atom is 0.243 e. The molecule has 29 heavy (non-hydrogen) atoms. The van der Waals surface area contributed by atoms with Gasteiger partial charge in [0.2, 0.25) is 10.0 Å². The van der Waals surface area contributed by atoms with E-state index < -0.39 is 16.6 Å². The van der Waals surface area contributed by atoms with Crippen molar-refractivity contribution in [2.45, 2.75) is 4.90 Å². The van der Waals surface area contributed by atoms with Gasteiger partial charge in [-0.3, -0.25) is 4.79 Å². The van der Waals surface area contributed by atoms with Gasteiger partial charge in [0, 0.05) is 37.9 Å². The number of piperazine rings is 1. The molecule has 0 atom stereocenters. The standard InChI is InChI=1S/C21H21N3O4S/c25-15-20(26)18-6-8-21(22-14-18)23-9-11-24(12-10-23)29(27,28)19-7-5-16-3-1-2-4-17(16)13-19/h1-8,13-14,25H,9-12,15H2. The third-order valence-electron chi connectivity index (χ3n) is 5.13. The predicted octanol–water partition coefficient (Wildman–Crippen LogP) is 1.92. The molecule has 0 amide bonds. The van der Waals surface area contributed by atoms with Crippen LogP contribution in [0.3, 0.4) is 0 Å². The van der Waals surface area contributed by atoms with Gasteiger partial charge >= 0.3 is 0 Å². The molecule has 1 aromatic heterocycles. The first-order valence-corrected chi connectivity index (χ1v) is 10.8. The smallest absolute Gasteiger partial charge is 0.243 e. The van der Waals surface area contributed by atoms with E-state index in [2.05, 4.69) is 4.98 Å². The lowest BCUT2D eigenvalue weighted by Gasteiger charge is -2.34. The Morgan fingerprint density at radius 3 is 2.34 bits per heavy atom. The molecule has 0 bridgehead atoms. The van der Waals surface area contributed by atoms with Gasteiger partial charge < -0.3 is 10.0 Å². The van der Waals surface area contributed by atoms with E-state index in [9.17, 15) is 13.2 Å². The molecular formula is C21H21N3O4S. The van der Waals surface area contributed by atoms with E-state index in [0.29, 0.717) is 42.5 Å². The molecule has 1 aliphatic rings. The molecule has 7 nitrogen and oxygen atoms in total. The zero-order valence-corrected chi connectivity index (χ0v) is 16.5. The number of nitrogens with zero attached hydrogens (tertiary/aromatic N) is 3. The van der Waals surface area contributed by atoms with Crippen molar-refractivity contribution >= 4 is 32.4 Å². The van der Waals surface area contributed by atoms with Crippen molar-refractivity contribution in [2.75, 3.05) is 37.7 Å². The number of carbonyl (C=O) groups excluding carboxylic acids is 1.